The van der Waals surface area contributed by atoms with Crippen molar-refractivity contribution >= 4 is 12.1 Å². The number of fused-ring (bicyclic) bond motifs is 1. The number of esters is 1. The fourth-order valence-corrected chi connectivity index (χ4v) is 3.59. The van der Waals surface area contributed by atoms with Crippen LogP contribution in [0.1, 0.15) is 63.9 Å². The highest BCUT2D eigenvalue weighted by molar-refractivity contribution is 5.81. The molecule has 1 unspecified atom stereocenters. The van der Waals surface area contributed by atoms with Crippen LogP contribution in [0.15, 0.2) is 51.8 Å². The molecule has 9 nitrogen and oxygen atoms in total. The third kappa shape index (κ3) is 7.34. The van der Waals surface area contributed by atoms with E-state index in [1.807, 2.05) is 36.4 Å². The second-order valence-corrected chi connectivity index (χ2v) is 9.00. The van der Waals surface area contributed by atoms with Crippen molar-refractivity contribution in [3.8, 4) is 0 Å². The first-order valence-corrected chi connectivity index (χ1v) is 11.2. The summed E-state index contributed by atoms with van der Waals surface area (Å²) in [5.41, 5.74) is 0.139. The molecule has 1 aliphatic rings. The van der Waals surface area contributed by atoms with Gasteiger partial charge in [-0.3, -0.25) is 9.09 Å². The molecule has 2 heterocycles. The first-order valence-electron chi connectivity index (χ1n) is 11.2. The largest absolute Gasteiger partial charge is 0.459 e. The van der Waals surface area contributed by atoms with Crippen molar-refractivity contribution < 1.29 is 23.6 Å². The average Bonchev–Trinajstić information content (AvgIpc) is 2.99. The van der Waals surface area contributed by atoms with Gasteiger partial charge in [-0.05, 0) is 45.6 Å². The Bertz CT molecular complexity index is 1020. The van der Waals surface area contributed by atoms with E-state index in [2.05, 4.69) is 10.5 Å². The normalized spacial score (nSPS) is 17.1. The number of hydrogen-bond donors (Lipinski definition) is 1. The molecule has 0 spiro atoms. The highest BCUT2D eigenvalue weighted by Gasteiger charge is 2.26. The number of allylic oxidation sites excluding steroid dienone is 1. The maximum absolute atomic E-state index is 12.8. The quantitative estimate of drug-likeness (QED) is 0.498. The summed E-state index contributed by atoms with van der Waals surface area (Å²) in [4.78, 5) is 37.1. The maximum atomic E-state index is 12.8. The Hall–Kier alpha value is -3.36. The molecule has 1 aromatic heterocycles. The molecule has 2 aromatic rings. The van der Waals surface area contributed by atoms with Gasteiger partial charge in [-0.15, -0.1) is 0 Å². The molecule has 1 aliphatic heterocycles. The summed E-state index contributed by atoms with van der Waals surface area (Å²) in [6.45, 7) is 5.33. The zero-order chi connectivity index (χ0) is 23.8. The molecule has 1 amide bonds. The molecule has 33 heavy (non-hydrogen) atoms. The lowest BCUT2D eigenvalue weighted by molar-refractivity contribution is -0.147. The van der Waals surface area contributed by atoms with Crippen molar-refractivity contribution in [3.05, 3.63) is 64.4 Å². The van der Waals surface area contributed by atoms with Crippen LogP contribution in [0.4, 0.5) is 4.79 Å². The fourth-order valence-electron chi connectivity index (χ4n) is 3.59. The van der Waals surface area contributed by atoms with Gasteiger partial charge in [0.1, 0.15) is 18.2 Å². The van der Waals surface area contributed by atoms with E-state index in [4.69, 9.17) is 14.0 Å². The average molecular weight is 458 g/mol. The van der Waals surface area contributed by atoms with Crippen LogP contribution in [0.2, 0.25) is 0 Å². The van der Waals surface area contributed by atoms with E-state index in [1.165, 1.54) is 0 Å². The predicted molar refractivity (Wildman–Crippen MR) is 121 cm³/mol. The van der Waals surface area contributed by atoms with Gasteiger partial charge < -0.3 is 14.8 Å². The van der Waals surface area contributed by atoms with E-state index < -0.39 is 29.5 Å². The Kier molecular flexibility index (Phi) is 8.08. The minimum absolute atomic E-state index is 0.0952. The monoisotopic (exact) mass is 457 g/mol. The third-order valence-electron chi connectivity index (χ3n) is 5.12. The lowest BCUT2D eigenvalue weighted by Gasteiger charge is -2.22. The molecule has 178 valence electrons. The number of benzene rings is 1. The van der Waals surface area contributed by atoms with E-state index in [9.17, 15) is 14.4 Å². The van der Waals surface area contributed by atoms with E-state index >= 15 is 0 Å². The van der Waals surface area contributed by atoms with Gasteiger partial charge in [0.05, 0.1) is 6.04 Å². The number of aromatic nitrogens is 2. The lowest BCUT2D eigenvalue weighted by atomic mass is 10.1. The number of aryl methyl sites for hydroxylation is 1. The smallest absolute Gasteiger partial charge is 0.442 e. The summed E-state index contributed by atoms with van der Waals surface area (Å²) < 4.78 is 17.1. The van der Waals surface area contributed by atoms with Crippen LogP contribution >= 0.6 is 0 Å². The number of hydrogen-bond acceptors (Lipinski definition) is 7. The number of carbonyl (C=O) groups is 2. The Balaban J connectivity index is 1.69. The molecule has 0 fully saturated rings. The van der Waals surface area contributed by atoms with E-state index in [-0.39, 0.29) is 19.1 Å². The van der Waals surface area contributed by atoms with Crippen LogP contribution in [-0.4, -0.2) is 33.4 Å². The van der Waals surface area contributed by atoms with Crippen molar-refractivity contribution in [1.29, 1.82) is 0 Å². The van der Waals surface area contributed by atoms with Gasteiger partial charge in [0.15, 0.2) is 5.82 Å². The van der Waals surface area contributed by atoms with Gasteiger partial charge >= 0.3 is 17.8 Å². The number of nitrogens with one attached hydrogen (secondary N) is 1. The number of alkyl carbamates (subject to hydrolysis) is 1. The van der Waals surface area contributed by atoms with Gasteiger partial charge in [-0.1, -0.05) is 54.1 Å². The van der Waals surface area contributed by atoms with E-state index in [1.54, 1.807) is 31.4 Å². The summed E-state index contributed by atoms with van der Waals surface area (Å²) in [6, 6.07) is 8.13. The maximum Gasteiger partial charge on any atom is 0.442 e. The minimum atomic E-state index is -0.941. The lowest BCUT2D eigenvalue weighted by Crippen LogP contribution is -2.44. The van der Waals surface area contributed by atoms with Crippen LogP contribution in [0.25, 0.3) is 0 Å². The number of rotatable bonds is 7. The molecular formula is C24H31N3O6. The van der Waals surface area contributed by atoms with Crippen molar-refractivity contribution in [1.82, 2.24) is 15.0 Å². The zero-order valence-electron chi connectivity index (χ0n) is 19.3. The summed E-state index contributed by atoms with van der Waals surface area (Å²) in [5.74, 6) is -0.442. The van der Waals surface area contributed by atoms with Crippen LogP contribution < -0.4 is 11.1 Å². The molecule has 2 atom stereocenters. The van der Waals surface area contributed by atoms with Crippen molar-refractivity contribution in [2.45, 2.75) is 77.2 Å². The molecular weight excluding hydrogens is 426 g/mol. The third-order valence-corrected chi connectivity index (χ3v) is 5.12. The predicted octanol–water partition coefficient (Wildman–Crippen LogP) is 3.69. The SMILES string of the molecule is CC(C)(C)OC(=O)N[C@H](C/C=C\C1CCCCc2noc(=O)n21)C(=O)OCc1ccccc1. The Labute approximate surface area is 192 Å². The van der Waals surface area contributed by atoms with Crippen molar-refractivity contribution in [2.75, 3.05) is 0 Å². The molecule has 3 rings (SSSR count). The first-order chi connectivity index (χ1) is 15.7. The van der Waals surface area contributed by atoms with Crippen LogP contribution in [0, 0.1) is 0 Å². The standard InChI is InChI=1S/C24H31N3O6/c1-24(2,3)32-22(29)25-19(21(28)31-16-17-10-5-4-6-11-17)14-9-13-18-12-7-8-15-20-26-33-23(30)27(18)20/h4-6,9-11,13,18-19H,7-8,12,14-16H2,1-3H3,(H,25,29)/b13-9-/t18?,19-/m1/s1. The zero-order valence-corrected chi connectivity index (χ0v) is 19.3. The van der Waals surface area contributed by atoms with Crippen LogP contribution in [0.3, 0.4) is 0 Å². The summed E-state index contributed by atoms with van der Waals surface area (Å²) in [5, 5.41) is 6.46. The summed E-state index contributed by atoms with van der Waals surface area (Å²) in [7, 11) is 0. The second kappa shape index (κ2) is 11.0. The number of carbonyl (C=O) groups excluding carboxylic acids is 2. The van der Waals surface area contributed by atoms with Gasteiger partial charge in [-0.25, -0.2) is 14.4 Å². The van der Waals surface area contributed by atoms with E-state index in [0.717, 1.165) is 24.8 Å². The van der Waals surface area contributed by atoms with Gasteiger partial charge in [0.25, 0.3) is 0 Å². The van der Waals surface area contributed by atoms with Crippen LogP contribution in [0.5, 0.6) is 0 Å². The van der Waals surface area contributed by atoms with Gasteiger partial charge in [-0.2, -0.15) is 0 Å². The summed E-state index contributed by atoms with van der Waals surface area (Å²) >= 11 is 0. The van der Waals surface area contributed by atoms with E-state index in [0.29, 0.717) is 12.2 Å². The molecule has 9 heteroatoms. The molecule has 0 saturated carbocycles. The van der Waals surface area contributed by atoms with Gasteiger partial charge in [0, 0.05) is 6.42 Å². The molecule has 0 radical (unpaired) electrons. The molecule has 1 aromatic carbocycles. The highest BCUT2D eigenvalue weighted by atomic mass is 16.6. The second-order valence-electron chi connectivity index (χ2n) is 9.00. The number of ether oxygens (including phenoxy) is 2. The molecule has 0 bridgehead atoms. The number of nitrogens with zero attached hydrogens (tertiary/aromatic N) is 2. The van der Waals surface area contributed by atoms with Crippen molar-refractivity contribution in [3.63, 3.8) is 0 Å². The highest BCUT2D eigenvalue weighted by Crippen LogP contribution is 2.22. The fraction of sp³-hybridized carbons (Fsp3) is 0.500. The van der Waals surface area contributed by atoms with Gasteiger partial charge in [0.2, 0.25) is 0 Å². The minimum Gasteiger partial charge on any atom is -0.459 e. The Morgan fingerprint density at radius 3 is 2.76 bits per heavy atom. The molecule has 1 N–H and O–H groups in total. The topological polar surface area (TPSA) is 113 Å². The number of amides is 1. The molecule has 0 aliphatic carbocycles. The van der Waals surface area contributed by atoms with Crippen LogP contribution in [-0.2, 0) is 27.3 Å². The molecule has 0 saturated heterocycles. The Morgan fingerprint density at radius 1 is 1.27 bits per heavy atom. The van der Waals surface area contributed by atoms with Crippen molar-refractivity contribution in [2.24, 2.45) is 0 Å². The first kappa shape index (κ1) is 24.3. The Morgan fingerprint density at radius 2 is 2.03 bits per heavy atom. The summed E-state index contributed by atoms with van der Waals surface area (Å²) in [6.07, 6.45) is 6.40.